The molecule has 35 heavy (non-hydrogen) atoms. The van der Waals surface area contributed by atoms with Gasteiger partial charge in [0.1, 0.15) is 17.1 Å². The molecular formula is C27H20F2N2O3S. The number of nitrogens with zero attached hydrogens (tertiary/aromatic N) is 2. The van der Waals surface area contributed by atoms with Crippen LogP contribution >= 0.6 is 11.3 Å². The van der Waals surface area contributed by atoms with E-state index in [9.17, 15) is 23.5 Å². The molecule has 176 valence electrons. The highest BCUT2D eigenvalue weighted by atomic mass is 32.1. The van der Waals surface area contributed by atoms with Gasteiger partial charge in [-0.3, -0.25) is 14.5 Å². The van der Waals surface area contributed by atoms with Crippen LogP contribution in [-0.2, 0) is 9.59 Å². The highest BCUT2D eigenvalue weighted by molar-refractivity contribution is 7.22. The Morgan fingerprint density at radius 3 is 2.49 bits per heavy atom. The van der Waals surface area contributed by atoms with E-state index in [1.54, 1.807) is 24.3 Å². The number of carbonyl (C=O) groups excluding carboxylic acids is 2. The number of carbonyl (C=O) groups is 2. The minimum absolute atomic E-state index is 0.0391. The quantitative estimate of drug-likeness (QED) is 0.213. The first-order valence-corrected chi connectivity index (χ1v) is 11.7. The van der Waals surface area contributed by atoms with Crippen molar-refractivity contribution in [3.63, 3.8) is 0 Å². The molecule has 5 rings (SSSR count). The number of halogens is 2. The van der Waals surface area contributed by atoms with Crippen LogP contribution in [-0.4, -0.2) is 21.8 Å². The van der Waals surface area contributed by atoms with Crippen molar-refractivity contribution in [2.75, 3.05) is 4.90 Å². The molecular weight excluding hydrogens is 470 g/mol. The summed E-state index contributed by atoms with van der Waals surface area (Å²) in [5.74, 6) is -3.71. The maximum Gasteiger partial charge on any atom is 0.301 e. The Morgan fingerprint density at radius 1 is 1.00 bits per heavy atom. The van der Waals surface area contributed by atoms with Crippen molar-refractivity contribution in [2.24, 2.45) is 0 Å². The molecule has 0 bridgehead atoms. The van der Waals surface area contributed by atoms with Crippen molar-refractivity contribution < 1.29 is 23.5 Å². The second-order valence-corrected chi connectivity index (χ2v) is 9.62. The van der Waals surface area contributed by atoms with Gasteiger partial charge in [0, 0.05) is 11.6 Å². The Hall–Kier alpha value is -3.91. The molecule has 1 amide bonds. The van der Waals surface area contributed by atoms with Crippen LogP contribution in [0.5, 0.6) is 0 Å². The minimum atomic E-state index is -0.995. The van der Waals surface area contributed by atoms with E-state index < -0.39 is 29.4 Å². The lowest BCUT2D eigenvalue weighted by atomic mass is 9.93. The number of anilines is 1. The summed E-state index contributed by atoms with van der Waals surface area (Å²) < 4.78 is 28.4. The van der Waals surface area contributed by atoms with Gasteiger partial charge >= 0.3 is 5.91 Å². The fraction of sp³-hybridized carbons (Fsp3) is 0.148. The first-order chi connectivity index (χ1) is 16.7. The molecule has 1 fully saturated rings. The maximum atomic E-state index is 14.4. The molecule has 1 aromatic heterocycles. The number of amides is 1. The molecule has 2 heterocycles. The smallest absolute Gasteiger partial charge is 0.301 e. The summed E-state index contributed by atoms with van der Waals surface area (Å²) in [4.78, 5) is 32.0. The van der Waals surface area contributed by atoms with Crippen molar-refractivity contribution in [1.29, 1.82) is 0 Å². The van der Waals surface area contributed by atoms with Crippen molar-refractivity contribution in [1.82, 2.24) is 4.98 Å². The van der Waals surface area contributed by atoms with E-state index in [1.807, 2.05) is 39.0 Å². The summed E-state index contributed by atoms with van der Waals surface area (Å²) in [6.07, 6.45) is 0. The number of aryl methyl sites for hydroxylation is 3. The summed E-state index contributed by atoms with van der Waals surface area (Å²) in [6, 6.07) is 13.3. The van der Waals surface area contributed by atoms with Crippen molar-refractivity contribution in [2.45, 2.75) is 26.8 Å². The molecule has 1 aliphatic rings. The first kappa shape index (κ1) is 22.9. The molecule has 0 radical (unpaired) electrons. The second kappa shape index (κ2) is 8.39. The lowest BCUT2D eigenvalue weighted by Crippen LogP contribution is -2.29. The van der Waals surface area contributed by atoms with Crippen molar-refractivity contribution in [3.05, 3.63) is 99.6 Å². The van der Waals surface area contributed by atoms with Crippen LogP contribution in [0.3, 0.4) is 0 Å². The van der Waals surface area contributed by atoms with E-state index in [0.29, 0.717) is 11.1 Å². The molecule has 1 N–H and O–H groups in total. The van der Waals surface area contributed by atoms with Gasteiger partial charge in [0.25, 0.3) is 5.78 Å². The summed E-state index contributed by atoms with van der Waals surface area (Å²) in [5.41, 5.74) is 3.62. The molecule has 0 spiro atoms. The number of fused-ring (bicyclic) bond motifs is 1. The SMILES string of the molecule is Cc1cccc(C2/C(=C(\O)c3ccc(C)c(C)c3)C(=O)C(=O)N2c2nc3c(F)cc(F)cc3s2)c1. The van der Waals surface area contributed by atoms with Crippen molar-refractivity contribution >= 4 is 44.1 Å². The minimum Gasteiger partial charge on any atom is -0.507 e. The third kappa shape index (κ3) is 3.80. The fourth-order valence-electron chi connectivity index (χ4n) is 4.28. The van der Waals surface area contributed by atoms with Crippen LogP contribution in [0.1, 0.15) is 33.9 Å². The molecule has 8 heteroatoms. The van der Waals surface area contributed by atoms with Gasteiger partial charge in [-0.05, 0) is 49.6 Å². The number of aliphatic hydroxyl groups excluding tert-OH is 1. The molecule has 1 atom stereocenters. The largest absolute Gasteiger partial charge is 0.507 e. The summed E-state index contributed by atoms with van der Waals surface area (Å²) in [5, 5.41) is 11.3. The Morgan fingerprint density at radius 2 is 1.77 bits per heavy atom. The van der Waals surface area contributed by atoms with Gasteiger partial charge in [-0.25, -0.2) is 13.8 Å². The molecule has 3 aromatic carbocycles. The Bertz CT molecular complexity index is 1570. The highest BCUT2D eigenvalue weighted by Gasteiger charge is 2.48. The van der Waals surface area contributed by atoms with Gasteiger partial charge in [-0.2, -0.15) is 0 Å². The predicted molar refractivity (Wildman–Crippen MR) is 131 cm³/mol. The molecule has 1 unspecified atom stereocenters. The number of aliphatic hydroxyl groups is 1. The summed E-state index contributed by atoms with van der Waals surface area (Å²) in [6.45, 7) is 5.69. The van der Waals surface area contributed by atoms with Gasteiger partial charge in [0.05, 0.1) is 16.3 Å². The number of rotatable bonds is 3. The molecule has 5 nitrogen and oxygen atoms in total. The molecule has 0 saturated carbocycles. The van der Waals surface area contributed by atoms with E-state index >= 15 is 0 Å². The number of hydrogen-bond donors (Lipinski definition) is 1. The first-order valence-electron chi connectivity index (χ1n) is 10.9. The van der Waals surface area contributed by atoms with Crippen molar-refractivity contribution in [3.8, 4) is 0 Å². The van der Waals surface area contributed by atoms with E-state index in [-0.39, 0.29) is 26.7 Å². The van der Waals surface area contributed by atoms with Gasteiger partial charge in [-0.15, -0.1) is 0 Å². The molecule has 0 aliphatic carbocycles. The number of thiazole rings is 1. The average Bonchev–Trinajstić information content (AvgIpc) is 3.34. The third-order valence-electron chi connectivity index (χ3n) is 6.19. The van der Waals surface area contributed by atoms with Crippen LogP contribution in [0.2, 0.25) is 0 Å². The Labute approximate surface area is 204 Å². The zero-order valence-corrected chi connectivity index (χ0v) is 19.9. The van der Waals surface area contributed by atoms with E-state index in [2.05, 4.69) is 4.98 Å². The lowest BCUT2D eigenvalue weighted by Gasteiger charge is -2.23. The number of benzene rings is 3. The number of hydrogen-bond acceptors (Lipinski definition) is 5. The zero-order valence-electron chi connectivity index (χ0n) is 19.1. The van der Waals surface area contributed by atoms with E-state index in [1.165, 1.54) is 0 Å². The molecule has 1 aliphatic heterocycles. The maximum absolute atomic E-state index is 14.4. The number of ketones is 1. The van der Waals surface area contributed by atoms with Gasteiger partial charge < -0.3 is 5.11 Å². The summed E-state index contributed by atoms with van der Waals surface area (Å²) in [7, 11) is 0. The standard InChI is InChI=1S/C27H20F2N2O3S/c1-13-5-4-6-16(9-13)23-21(24(32)17-8-7-14(2)15(3)10-17)25(33)26(34)31(23)27-30-22-19(29)11-18(28)12-20(22)35-27/h4-12,23,32H,1-3H3/b24-21+. The number of Topliss-reactive ketones (excluding diaryl/α,β-unsaturated/α-hetero) is 1. The topological polar surface area (TPSA) is 70.5 Å². The van der Waals surface area contributed by atoms with Gasteiger partial charge in [0.15, 0.2) is 10.9 Å². The lowest BCUT2D eigenvalue weighted by molar-refractivity contribution is -0.132. The fourth-order valence-corrected chi connectivity index (χ4v) is 5.31. The molecule has 4 aromatic rings. The van der Waals surface area contributed by atoms with E-state index in [0.717, 1.165) is 45.1 Å². The van der Waals surface area contributed by atoms with Crippen LogP contribution < -0.4 is 4.90 Å². The van der Waals surface area contributed by atoms with Gasteiger partial charge in [-0.1, -0.05) is 53.3 Å². The van der Waals surface area contributed by atoms with Crippen LogP contribution in [0, 0.1) is 32.4 Å². The second-order valence-electron chi connectivity index (χ2n) is 8.61. The normalized spacial score (nSPS) is 17.5. The van der Waals surface area contributed by atoms with Crippen LogP contribution in [0.25, 0.3) is 16.0 Å². The Balaban J connectivity index is 1.76. The zero-order chi connectivity index (χ0) is 25.0. The number of aromatic nitrogens is 1. The molecule has 1 saturated heterocycles. The van der Waals surface area contributed by atoms with Crippen LogP contribution in [0.15, 0.2) is 60.2 Å². The summed E-state index contributed by atoms with van der Waals surface area (Å²) >= 11 is 0.903. The Kier molecular flexibility index (Phi) is 5.48. The van der Waals surface area contributed by atoms with E-state index in [4.69, 9.17) is 0 Å². The highest BCUT2D eigenvalue weighted by Crippen LogP contribution is 2.44. The van der Waals surface area contributed by atoms with Gasteiger partial charge in [0.2, 0.25) is 0 Å². The average molecular weight is 491 g/mol. The van der Waals surface area contributed by atoms with Crippen LogP contribution in [0.4, 0.5) is 13.9 Å². The third-order valence-corrected chi connectivity index (χ3v) is 7.19. The predicted octanol–water partition coefficient (Wildman–Crippen LogP) is 6.13. The monoisotopic (exact) mass is 490 g/mol.